The van der Waals surface area contributed by atoms with Crippen molar-refractivity contribution in [3.8, 4) is 5.75 Å². The number of hydrogen-bond donors (Lipinski definition) is 1. The molecule has 2 atom stereocenters. The molecule has 1 saturated heterocycles. The fourth-order valence-corrected chi connectivity index (χ4v) is 3.43. The SMILES string of the molecule is COC1CCCN(C2CCc3c(O)cccc32)C1. The molecule has 2 aliphatic rings. The van der Waals surface area contributed by atoms with E-state index < -0.39 is 0 Å². The van der Waals surface area contributed by atoms with E-state index in [0.717, 1.165) is 31.5 Å². The van der Waals surface area contributed by atoms with Crippen LogP contribution in [0.15, 0.2) is 18.2 Å². The summed E-state index contributed by atoms with van der Waals surface area (Å²) in [5.41, 5.74) is 2.48. The summed E-state index contributed by atoms with van der Waals surface area (Å²) in [5, 5.41) is 9.90. The first-order valence-corrected chi connectivity index (χ1v) is 6.87. The number of benzene rings is 1. The molecule has 0 amide bonds. The van der Waals surface area contributed by atoms with Crippen LogP contribution in [0.3, 0.4) is 0 Å². The number of piperidine rings is 1. The number of ether oxygens (including phenoxy) is 1. The van der Waals surface area contributed by atoms with Crippen LogP contribution in [0.4, 0.5) is 0 Å². The summed E-state index contributed by atoms with van der Waals surface area (Å²) < 4.78 is 5.50. The molecule has 0 saturated carbocycles. The number of methoxy groups -OCH3 is 1. The van der Waals surface area contributed by atoms with Crippen molar-refractivity contribution in [3.63, 3.8) is 0 Å². The zero-order valence-corrected chi connectivity index (χ0v) is 10.9. The molecule has 0 spiro atoms. The van der Waals surface area contributed by atoms with E-state index in [1.807, 2.05) is 13.2 Å². The van der Waals surface area contributed by atoms with Crippen molar-refractivity contribution in [2.45, 2.75) is 37.8 Å². The Labute approximate surface area is 108 Å². The van der Waals surface area contributed by atoms with E-state index in [4.69, 9.17) is 4.74 Å². The predicted molar refractivity (Wildman–Crippen MR) is 70.8 cm³/mol. The maximum Gasteiger partial charge on any atom is 0.119 e. The van der Waals surface area contributed by atoms with Crippen LogP contribution < -0.4 is 0 Å². The number of fused-ring (bicyclic) bond motifs is 1. The minimum Gasteiger partial charge on any atom is -0.508 e. The highest BCUT2D eigenvalue weighted by molar-refractivity contribution is 5.44. The summed E-state index contributed by atoms with van der Waals surface area (Å²) in [7, 11) is 1.81. The average molecular weight is 247 g/mol. The molecule has 0 radical (unpaired) electrons. The topological polar surface area (TPSA) is 32.7 Å². The van der Waals surface area contributed by atoms with Gasteiger partial charge in [0.05, 0.1) is 6.10 Å². The van der Waals surface area contributed by atoms with E-state index in [2.05, 4.69) is 11.0 Å². The Balaban J connectivity index is 1.81. The van der Waals surface area contributed by atoms with Gasteiger partial charge in [0, 0.05) is 19.7 Å². The zero-order valence-electron chi connectivity index (χ0n) is 10.9. The Bertz CT molecular complexity index is 433. The van der Waals surface area contributed by atoms with Crippen LogP contribution in [-0.4, -0.2) is 36.3 Å². The van der Waals surface area contributed by atoms with Crippen LogP contribution in [0, 0.1) is 0 Å². The Morgan fingerprint density at radius 2 is 2.22 bits per heavy atom. The highest BCUT2D eigenvalue weighted by Gasteiger charge is 2.32. The molecule has 3 rings (SSSR count). The van der Waals surface area contributed by atoms with Crippen molar-refractivity contribution in [1.29, 1.82) is 0 Å². The molecule has 1 N–H and O–H groups in total. The second-order valence-electron chi connectivity index (χ2n) is 5.39. The summed E-state index contributed by atoms with van der Waals surface area (Å²) in [4.78, 5) is 2.53. The number of aromatic hydroxyl groups is 1. The Morgan fingerprint density at radius 1 is 1.33 bits per heavy atom. The molecule has 0 bridgehead atoms. The molecule has 3 nitrogen and oxygen atoms in total. The van der Waals surface area contributed by atoms with E-state index in [1.165, 1.54) is 18.4 Å². The van der Waals surface area contributed by atoms with Gasteiger partial charge >= 0.3 is 0 Å². The summed E-state index contributed by atoms with van der Waals surface area (Å²) in [6, 6.07) is 6.41. The third kappa shape index (κ3) is 2.02. The molecular weight excluding hydrogens is 226 g/mol. The van der Waals surface area contributed by atoms with Gasteiger partial charge in [-0.3, -0.25) is 4.90 Å². The zero-order chi connectivity index (χ0) is 12.5. The minimum atomic E-state index is 0.375. The average Bonchev–Trinajstić information content (AvgIpc) is 2.84. The van der Waals surface area contributed by atoms with Gasteiger partial charge in [0.15, 0.2) is 0 Å². The molecule has 18 heavy (non-hydrogen) atoms. The summed E-state index contributed by atoms with van der Waals surface area (Å²) in [5.74, 6) is 0.468. The molecule has 1 aromatic rings. The van der Waals surface area contributed by atoms with Crippen molar-refractivity contribution < 1.29 is 9.84 Å². The minimum absolute atomic E-state index is 0.375. The molecule has 1 aliphatic carbocycles. The first-order valence-electron chi connectivity index (χ1n) is 6.87. The van der Waals surface area contributed by atoms with Gasteiger partial charge in [0.25, 0.3) is 0 Å². The van der Waals surface area contributed by atoms with Crippen molar-refractivity contribution in [2.24, 2.45) is 0 Å². The van der Waals surface area contributed by atoms with Crippen molar-refractivity contribution in [1.82, 2.24) is 4.90 Å². The number of nitrogens with zero attached hydrogens (tertiary/aromatic N) is 1. The van der Waals surface area contributed by atoms with Crippen LogP contribution in [0.2, 0.25) is 0 Å². The van der Waals surface area contributed by atoms with Crippen LogP contribution in [0.5, 0.6) is 5.75 Å². The van der Waals surface area contributed by atoms with Crippen LogP contribution >= 0.6 is 0 Å². The Hall–Kier alpha value is -1.06. The second-order valence-corrected chi connectivity index (χ2v) is 5.39. The fraction of sp³-hybridized carbons (Fsp3) is 0.600. The smallest absolute Gasteiger partial charge is 0.119 e. The van der Waals surface area contributed by atoms with E-state index in [0.29, 0.717) is 17.9 Å². The molecule has 3 heteroatoms. The van der Waals surface area contributed by atoms with Gasteiger partial charge in [-0.2, -0.15) is 0 Å². The van der Waals surface area contributed by atoms with Crippen molar-refractivity contribution >= 4 is 0 Å². The van der Waals surface area contributed by atoms with E-state index >= 15 is 0 Å². The van der Waals surface area contributed by atoms with Gasteiger partial charge < -0.3 is 9.84 Å². The quantitative estimate of drug-likeness (QED) is 0.871. The first-order chi connectivity index (χ1) is 8.79. The van der Waals surface area contributed by atoms with Gasteiger partial charge in [-0.15, -0.1) is 0 Å². The van der Waals surface area contributed by atoms with E-state index in [1.54, 1.807) is 6.07 Å². The lowest BCUT2D eigenvalue weighted by molar-refractivity contribution is 0.0143. The molecule has 1 aromatic carbocycles. The molecular formula is C15H21NO2. The highest BCUT2D eigenvalue weighted by Crippen LogP contribution is 2.40. The molecule has 0 aromatic heterocycles. The molecule has 2 unspecified atom stereocenters. The molecule has 1 heterocycles. The lowest BCUT2D eigenvalue weighted by atomic mass is 10.0. The lowest BCUT2D eigenvalue weighted by Gasteiger charge is -2.36. The van der Waals surface area contributed by atoms with E-state index in [9.17, 15) is 5.11 Å². The molecule has 1 fully saturated rings. The Morgan fingerprint density at radius 3 is 3.06 bits per heavy atom. The normalized spacial score (nSPS) is 28.3. The van der Waals surface area contributed by atoms with Crippen LogP contribution in [0.1, 0.15) is 36.4 Å². The fourth-order valence-electron chi connectivity index (χ4n) is 3.43. The largest absolute Gasteiger partial charge is 0.508 e. The van der Waals surface area contributed by atoms with Gasteiger partial charge in [-0.25, -0.2) is 0 Å². The summed E-state index contributed by atoms with van der Waals surface area (Å²) in [6.45, 7) is 2.18. The van der Waals surface area contributed by atoms with Gasteiger partial charge in [-0.1, -0.05) is 12.1 Å². The molecule has 1 aliphatic heterocycles. The van der Waals surface area contributed by atoms with Crippen LogP contribution in [0.25, 0.3) is 0 Å². The number of phenols is 1. The molecule has 98 valence electrons. The number of phenolic OH excluding ortho intramolecular Hbond substituents is 1. The van der Waals surface area contributed by atoms with Gasteiger partial charge in [-0.05, 0) is 49.4 Å². The second kappa shape index (κ2) is 4.90. The van der Waals surface area contributed by atoms with Crippen molar-refractivity contribution in [3.05, 3.63) is 29.3 Å². The highest BCUT2D eigenvalue weighted by atomic mass is 16.5. The van der Waals surface area contributed by atoms with E-state index in [-0.39, 0.29) is 0 Å². The van der Waals surface area contributed by atoms with Gasteiger partial charge in [0.2, 0.25) is 0 Å². The number of rotatable bonds is 2. The number of hydrogen-bond acceptors (Lipinski definition) is 3. The maximum atomic E-state index is 9.90. The maximum absolute atomic E-state index is 9.90. The predicted octanol–water partition coefficient (Wildman–Crippen LogP) is 2.49. The third-order valence-electron chi connectivity index (χ3n) is 4.40. The van der Waals surface area contributed by atoms with Crippen molar-refractivity contribution in [2.75, 3.05) is 20.2 Å². The summed E-state index contributed by atoms with van der Waals surface area (Å²) in [6.07, 6.45) is 4.89. The lowest BCUT2D eigenvalue weighted by Crippen LogP contribution is -2.40. The standard InChI is InChI=1S/C15H21NO2/c1-18-11-4-3-9-16(10-11)14-8-7-13-12(14)5-2-6-15(13)17/h2,5-6,11,14,17H,3-4,7-10H2,1H3. The summed E-state index contributed by atoms with van der Waals surface area (Å²) >= 11 is 0. The third-order valence-corrected chi connectivity index (χ3v) is 4.40. The van der Waals surface area contributed by atoms with Crippen LogP contribution in [-0.2, 0) is 11.2 Å². The number of likely N-dealkylation sites (tertiary alicyclic amines) is 1. The monoisotopic (exact) mass is 247 g/mol. The van der Waals surface area contributed by atoms with Gasteiger partial charge in [0.1, 0.15) is 5.75 Å². The Kier molecular flexibility index (Phi) is 3.27. The first kappa shape index (κ1) is 12.0.